The van der Waals surface area contributed by atoms with Crippen LogP contribution in [-0.4, -0.2) is 30.3 Å². The molecule has 1 aliphatic heterocycles. The Morgan fingerprint density at radius 3 is 2.71 bits per heavy atom. The van der Waals surface area contributed by atoms with Crippen molar-refractivity contribution < 1.29 is 9.26 Å². The van der Waals surface area contributed by atoms with E-state index in [-0.39, 0.29) is 6.10 Å². The van der Waals surface area contributed by atoms with Crippen LogP contribution in [-0.2, 0) is 4.74 Å². The molecule has 17 heavy (non-hydrogen) atoms. The lowest BCUT2D eigenvalue weighted by atomic mass is 9.98. The average molecular weight is 239 g/mol. The maximum absolute atomic E-state index is 5.40. The highest BCUT2D eigenvalue weighted by atomic mass is 16.5. The second-order valence-electron chi connectivity index (χ2n) is 5.13. The molecule has 1 aromatic rings. The number of nitrogens with one attached hydrogen (secondary N) is 1. The summed E-state index contributed by atoms with van der Waals surface area (Å²) in [5.41, 5.74) is 0. The smallest absolute Gasteiger partial charge is 0.231 e. The van der Waals surface area contributed by atoms with Gasteiger partial charge < -0.3 is 14.6 Å². The number of aromatic nitrogens is 2. The lowest BCUT2D eigenvalue weighted by molar-refractivity contribution is 0.0555. The molecular formula is C12H21N3O2. The fraction of sp³-hybridized carbons (Fsp3) is 0.833. The van der Waals surface area contributed by atoms with Crippen molar-refractivity contribution in [2.75, 3.05) is 20.2 Å². The predicted molar refractivity (Wildman–Crippen MR) is 63.7 cm³/mol. The molecule has 1 fully saturated rings. The van der Waals surface area contributed by atoms with Crippen molar-refractivity contribution in [2.24, 2.45) is 11.8 Å². The zero-order chi connectivity index (χ0) is 12.4. The highest BCUT2D eigenvalue weighted by molar-refractivity contribution is 5.02. The van der Waals surface area contributed by atoms with Crippen LogP contribution >= 0.6 is 0 Å². The van der Waals surface area contributed by atoms with Crippen molar-refractivity contribution in [3.63, 3.8) is 0 Å². The first-order valence-electron chi connectivity index (χ1n) is 6.20. The summed E-state index contributed by atoms with van der Waals surface area (Å²) in [6.45, 7) is 8.31. The molecule has 1 N–H and O–H groups in total. The van der Waals surface area contributed by atoms with Gasteiger partial charge in [-0.05, 0) is 18.4 Å². The third-order valence-electron chi connectivity index (χ3n) is 3.41. The average Bonchev–Trinajstić information content (AvgIpc) is 2.87. The number of hydrogen-bond donors (Lipinski definition) is 1. The monoisotopic (exact) mass is 239 g/mol. The molecule has 5 heteroatoms. The van der Waals surface area contributed by atoms with Gasteiger partial charge >= 0.3 is 0 Å². The molecule has 0 spiro atoms. The van der Waals surface area contributed by atoms with Gasteiger partial charge in [-0.25, -0.2) is 0 Å². The quantitative estimate of drug-likeness (QED) is 0.867. The van der Waals surface area contributed by atoms with Crippen LogP contribution in [0.5, 0.6) is 0 Å². The highest BCUT2D eigenvalue weighted by Crippen LogP contribution is 2.29. The molecule has 3 unspecified atom stereocenters. The molecule has 0 radical (unpaired) electrons. The van der Waals surface area contributed by atoms with Gasteiger partial charge in [0.2, 0.25) is 11.7 Å². The minimum absolute atomic E-state index is 0.0860. The molecule has 0 aromatic carbocycles. The van der Waals surface area contributed by atoms with Crippen molar-refractivity contribution in [1.29, 1.82) is 0 Å². The number of hydrogen-bond acceptors (Lipinski definition) is 5. The van der Waals surface area contributed by atoms with Crippen LogP contribution in [0.1, 0.15) is 44.5 Å². The van der Waals surface area contributed by atoms with E-state index in [4.69, 9.17) is 9.26 Å². The Hall–Kier alpha value is -0.940. The van der Waals surface area contributed by atoms with Gasteiger partial charge in [-0.1, -0.05) is 25.9 Å². The molecular weight excluding hydrogens is 218 g/mol. The van der Waals surface area contributed by atoms with E-state index in [1.54, 1.807) is 7.11 Å². The summed E-state index contributed by atoms with van der Waals surface area (Å²) in [6.07, 6.45) is -0.0860. The van der Waals surface area contributed by atoms with Gasteiger partial charge in [0, 0.05) is 13.7 Å². The zero-order valence-corrected chi connectivity index (χ0v) is 10.9. The Morgan fingerprint density at radius 1 is 1.41 bits per heavy atom. The van der Waals surface area contributed by atoms with Crippen LogP contribution in [0.25, 0.3) is 0 Å². The van der Waals surface area contributed by atoms with Crippen LogP contribution in [0, 0.1) is 11.8 Å². The lowest BCUT2D eigenvalue weighted by Gasteiger charge is -2.14. The summed E-state index contributed by atoms with van der Waals surface area (Å²) >= 11 is 0. The van der Waals surface area contributed by atoms with Crippen molar-refractivity contribution in [2.45, 2.75) is 32.8 Å². The van der Waals surface area contributed by atoms with E-state index in [9.17, 15) is 0 Å². The van der Waals surface area contributed by atoms with E-state index in [1.165, 1.54) is 0 Å². The van der Waals surface area contributed by atoms with Crippen molar-refractivity contribution in [3.05, 3.63) is 11.7 Å². The second kappa shape index (κ2) is 5.14. The summed E-state index contributed by atoms with van der Waals surface area (Å²) in [4.78, 5) is 4.49. The molecule has 1 aromatic heterocycles. The first-order chi connectivity index (χ1) is 8.13. The fourth-order valence-electron chi connectivity index (χ4n) is 2.33. The van der Waals surface area contributed by atoms with Gasteiger partial charge in [-0.3, -0.25) is 0 Å². The Bertz CT molecular complexity index is 348. The minimum Gasteiger partial charge on any atom is -0.373 e. The molecule has 0 saturated carbocycles. The molecule has 0 bridgehead atoms. The van der Waals surface area contributed by atoms with E-state index in [1.807, 2.05) is 0 Å². The predicted octanol–water partition coefficient (Wildman–Crippen LogP) is 1.74. The van der Waals surface area contributed by atoms with Crippen LogP contribution in [0.3, 0.4) is 0 Å². The maximum atomic E-state index is 5.40. The molecule has 96 valence electrons. The Balaban J connectivity index is 2.14. The minimum atomic E-state index is -0.0860. The first kappa shape index (κ1) is 12.5. The second-order valence-corrected chi connectivity index (χ2v) is 5.13. The topological polar surface area (TPSA) is 60.2 Å². The van der Waals surface area contributed by atoms with Crippen molar-refractivity contribution in [3.8, 4) is 0 Å². The van der Waals surface area contributed by atoms with E-state index in [2.05, 4.69) is 36.2 Å². The van der Waals surface area contributed by atoms with Gasteiger partial charge in [-0.2, -0.15) is 4.98 Å². The van der Waals surface area contributed by atoms with Gasteiger partial charge in [0.1, 0.15) is 6.10 Å². The van der Waals surface area contributed by atoms with Crippen molar-refractivity contribution in [1.82, 2.24) is 15.5 Å². The fourth-order valence-corrected chi connectivity index (χ4v) is 2.33. The van der Waals surface area contributed by atoms with Gasteiger partial charge in [-0.15, -0.1) is 0 Å². The molecule has 2 heterocycles. The van der Waals surface area contributed by atoms with Crippen LogP contribution in [0.4, 0.5) is 0 Å². The molecule has 5 nitrogen and oxygen atoms in total. The standard InChI is InChI=1S/C12H21N3O2/c1-7(2)10(16-4)11-14-12(17-15-11)9-6-13-5-8(9)3/h7-10,13H,5-6H2,1-4H3. The number of ether oxygens (including phenoxy) is 1. The zero-order valence-electron chi connectivity index (χ0n) is 10.9. The van der Waals surface area contributed by atoms with Gasteiger partial charge in [0.05, 0.1) is 5.92 Å². The van der Waals surface area contributed by atoms with Crippen LogP contribution < -0.4 is 5.32 Å². The number of nitrogens with zero attached hydrogens (tertiary/aromatic N) is 2. The number of rotatable bonds is 4. The first-order valence-corrected chi connectivity index (χ1v) is 6.20. The van der Waals surface area contributed by atoms with Crippen LogP contribution in [0.2, 0.25) is 0 Å². The van der Waals surface area contributed by atoms with Gasteiger partial charge in [0.25, 0.3) is 0 Å². The third kappa shape index (κ3) is 2.50. The molecule has 0 amide bonds. The maximum Gasteiger partial charge on any atom is 0.231 e. The van der Waals surface area contributed by atoms with Gasteiger partial charge in [0.15, 0.2) is 0 Å². The molecule has 0 aliphatic carbocycles. The summed E-state index contributed by atoms with van der Waals surface area (Å²) < 4.78 is 10.8. The summed E-state index contributed by atoms with van der Waals surface area (Å²) in [7, 11) is 1.68. The molecule has 2 rings (SSSR count). The van der Waals surface area contributed by atoms with Crippen molar-refractivity contribution >= 4 is 0 Å². The summed E-state index contributed by atoms with van der Waals surface area (Å²) in [6, 6.07) is 0. The van der Waals surface area contributed by atoms with E-state index < -0.39 is 0 Å². The summed E-state index contributed by atoms with van der Waals surface area (Å²) in [5, 5.41) is 7.39. The summed E-state index contributed by atoms with van der Waals surface area (Å²) in [5.74, 6) is 2.62. The Labute approximate surface area is 102 Å². The molecule has 3 atom stereocenters. The van der Waals surface area contributed by atoms with E-state index >= 15 is 0 Å². The number of methoxy groups -OCH3 is 1. The Kier molecular flexibility index (Phi) is 3.79. The largest absolute Gasteiger partial charge is 0.373 e. The third-order valence-corrected chi connectivity index (χ3v) is 3.41. The normalized spacial score (nSPS) is 26.6. The van der Waals surface area contributed by atoms with E-state index in [0.29, 0.717) is 23.6 Å². The lowest BCUT2D eigenvalue weighted by Crippen LogP contribution is -2.12. The van der Waals surface area contributed by atoms with Crippen LogP contribution in [0.15, 0.2) is 4.52 Å². The SMILES string of the molecule is COC(c1noc(C2CNCC2C)n1)C(C)C. The molecule has 1 aliphatic rings. The highest BCUT2D eigenvalue weighted by Gasteiger charge is 2.31. The molecule has 1 saturated heterocycles. The van der Waals surface area contributed by atoms with E-state index in [0.717, 1.165) is 19.0 Å². The Morgan fingerprint density at radius 2 is 2.18 bits per heavy atom.